The van der Waals surface area contributed by atoms with E-state index in [0.717, 1.165) is 17.0 Å². The number of ether oxygens (including phenoxy) is 2. The molecule has 0 unspecified atom stereocenters. The summed E-state index contributed by atoms with van der Waals surface area (Å²) < 4.78 is 11.1. The zero-order valence-corrected chi connectivity index (χ0v) is 14.5. The number of anilines is 3. The number of fused-ring (bicyclic) bond motifs is 1. The first-order valence-electron chi connectivity index (χ1n) is 8.11. The van der Waals surface area contributed by atoms with Crippen LogP contribution >= 0.6 is 11.6 Å². The lowest BCUT2D eigenvalue weighted by Gasteiger charge is -2.19. The van der Waals surface area contributed by atoms with Crippen molar-refractivity contribution in [1.29, 1.82) is 0 Å². The number of rotatable bonds is 5. The molecule has 2 aromatic carbocycles. The van der Waals surface area contributed by atoms with Crippen molar-refractivity contribution in [3.63, 3.8) is 0 Å². The number of hydrogen-bond donors (Lipinski definition) is 2. The number of nitrogens with one attached hydrogen (secondary N) is 2. The molecule has 0 fully saturated rings. The van der Waals surface area contributed by atoms with Crippen molar-refractivity contribution in [2.45, 2.75) is 6.54 Å². The van der Waals surface area contributed by atoms with Gasteiger partial charge < -0.3 is 20.1 Å². The van der Waals surface area contributed by atoms with Gasteiger partial charge in [0.15, 0.2) is 17.3 Å². The Morgan fingerprint density at radius 2 is 1.88 bits per heavy atom. The Bertz CT molecular complexity index is 922. The Labute approximate surface area is 155 Å². The summed E-state index contributed by atoms with van der Waals surface area (Å²) in [6, 6.07) is 13.2. The van der Waals surface area contributed by atoms with E-state index in [1.54, 1.807) is 6.20 Å². The van der Waals surface area contributed by atoms with Gasteiger partial charge in [-0.25, -0.2) is 0 Å². The molecule has 0 saturated heterocycles. The van der Waals surface area contributed by atoms with Crippen LogP contribution in [-0.2, 0) is 6.54 Å². The Hall–Kier alpha value is -3.06. The SMILES string of the molecule is Clc1ccccc1CNc1nncc(Nc2ccc3c(c2)OCCO3)n1. The molecule has 0 atom stereocenters. The molecule has 4 rings (SSSR count). The molecule has 132 valence electrons. The van der Waals surface area contributed by atoms with Gasteiger partial charge in [0.05, 0.1) is 6.20 Å². The highest BCUT2D eigenvalue weighted by molar-refractivity contribution is 6.31. The van der Waals surface area contributed by atoms with E-state index in [0.29, 0.717) is 42.3 Å². The minimum absolute atomic E-state index is 0.410. The van der Waals surface area contributed by atoms with Gasteiger partial charge in [-0.15, -0.1) is 5.10 Å². The predicted octanol–water partition coefficient (Wildman–Crippen LogP) is 3.65. The molecular weight excluding hydrogens is 354 g/mol. The van der Waals surface area contributed by atoms with Gasteiger partial charge in [0.1, 0.15) is 13.2 Å². The molecule has 2 heterocycles. The van der Waals surface area contributed by atoms with Crippen molar-refractivity contribution < 1.29 is 9.47 Å². The van der Waals surface area contributed by atoms with Crippen molar-refractivity contribution in [3.8, 4) is 11.5 Å². The average Bonchev–Trinajstić information content (AvgIpc) is 2.68. The second-order valence-electron chi connectivity index (χ2n) is 5.59. The molecule has 1 aliphatic heterocycles. The zero-order valence-electron chi connectivity index (χ0n) is 13.8. The maximum atomic E-state index is 6.16. The zero-order chi connectivity index (χ0) is 17.8. The number of halogens is 1. The van der Waals surface area contributed by atoms with E-state index in [1.807, 2.05) is 42.5 Å². The van der Waals surface area contributed by atoms with Crippen LogP contribution in [0.4, 0.5) is 17.5 Å². The van der Waals surface area contributed by atoms with Crippen LogP contribution in [0.15, 0.2) is 48.7 Å². The van der Waals surface area contributed by atoms with E-state index in [2.05, 4.69) is 25.8 Å². The van der Waals surface area contributed by atoms with Crippen molar-refractivity contribution in [3.05, 3.63) is 59.2 Å². The van der Waals surface area contributed by atoms with E-state index < -0.39 is 0 Å². The van der Waals surface area contributed by atoms with Crippen molar-refractivity contribution >= 4 is 29.1 Å². The van der Waals surface area contributed by atoms with Crippen LogP contribution in [0.5, 0.6) is 11.5 Å². The smallest absolute Gasteiger partial charge is 0.244 e. The predicted molar refractivity (Wildman–Crippen MR) is 99.3 cm³/mol. The fraction of sp³-hybridized carbons (Fsp3) is 0.167. The summed E-state index contributed by atoms with van der Waals surface area (Å²) in [5.41, 5.74) is 1.79. The fourth-order valence-electron chi connectivity index (χ4n) is 2.52. The van der Waals surface area contributed by atoms with Crippen LogP contribution in [0, 0.1) is 0 Å². The molecule has 7 nitrogen and oxygen atoms in total. The second kappa shape index (κ2) is 7.45. The monoisotopic (exact) mass is 369 g/mol. The second-order valence-corrected chi connectivity index (χ2v) is 6.00. The van der Waals surface area contributed by atoms with Gasteiger partial charge in [0, 0.05) is 23.3 Å². The van der Waals surface area contributed by atoms with E-state index >= 15 is 0 Å². The van der Waals surface area contributed by atoms with Gasteiger partial charge in [-0.05, 0) is 23.8 Å². The lowest BCUT2D eigenvalue weighted by atomic mass is 10.2. The van der Waals surface area contributed by atoms with Crippen LogP contribution in [0.25, 0.3) is 0 Å². The maximum absolute atomic E-state index is 6.16. The number of hydrogen-bond acceptors (Lipinski definition) is 7. The molecule has 8 heteroatoms. The van der Waals surface area contributed by atoms with Crippen LogP contribution in [-0.4, -0.2) is 28.4 Å². The standard InChI is InChI=1S/C18H16ClN5O2/c19-14-4-2-1-3-12(14)10-20-18-23-17(11-21-24-18)22-13-5-6-15-16(9-13)26-8-7-25-15/h1-6,9,11H,7-8,10H2,(H2,20,22,23,24). The number of benzene rings is 2. The van der Waals surface area contributed by atoms with Gasteiger partial charge in [0.2, 0.25) is 5.95 Å². The molecule has 0 bridgehead atoms. The minimum Gasteiger partial charge on any atom is -0.486 e. The lowest BCUT2D eigenvalue weighted by molar-refractivity contribution is 0.171. The summed E-state index contributed by atoms with van der Waals surface area (Å²) in [6.45, 7) is 1.62. The van der Waals surface area contributed by atoms with Gasteiger partial charge in [-0.2, -0.15) is 10.1 Å². The van der Waals surface area contributed by atoms with Crippen LogP contribution in [0.3, 0.4) is 0 Å². The first-order valence-corrected chi connectivity index (χ1v) is 8.49. The molecule has 0 radical (unpaired) electrons. The van der Waals surface area contributed by atoms with Crippen molar-refractivity contribution in [2.75, 3.05) is 23.8 Å². The summed E-state index contributed by atoms with van der Waals surface area (Å²) in [7, 11) is 0. The molecule has 3 aromatic rings. The molecule has 1 aliphatic rings. The van der Waals surface area contributed by atoms with E-state index in [9.17, 15) is 0 Å². The molecule has 0 aliphatic carbocycles. The summed E-state index contributed by atoms with van der Waals surface area (Å²) in [5, 5.41) is 15.0. The average molecular weight is 370 g/mol. The minimum atomic E-state index is 0.410. The highest BCUT2D eigenvalue weighted by atomic mass is 35.5. The summed E-state index contributed by atoms with van der Waals surface area (Å²) >= 11 is 6.16. The first kappa shape index (κ1) is 16.4. The summed E-state index contributed by atoms with van der Waals surface area (Å²) in [6.07, 6.45) is 1.55. The molecule has 0 spiro atoms. The Kier molecular flexibility index (Phi) is 4.70. The Balaban J connectivity index is 1.45. The molecule has 2 N–H and O–H groups in total. The van der Waals surface area contributed by atoms with Crippen LogP contribution in [0.2, 0.25) is 5.02 Å². The topological polar surface area (TPSA) is 81.2 Å². The van der Waals surface area contributed by atoms with Crippen molar-refractivity contribution in [2.24, 2.45) is 0 Å². The number of aromatic nitrogens is 3. The van der Waals surface area contributed by atoms with Gasteiger partial charge in [-0.1, -0.05) is 29.8 Å². The number of nitrogens with zero attached hydrogens (tertiary/aromatic N) is 3. The van der Waals surface area contributed by atoms with E-state index in [4.69, 9.17) is 21.1 Å². The molecule has 1 aromatic heterocycles. The van der Waals surface area contributed by atoms with Crippen LogP contribution in [0.1, 0.15) is 5.56 Å². The summed E-state index contributed by atoms with van der Waals surface area (Å²) in [5.74, 6) is 2.43. The third-order valence-electron chi connectivity index (χ3n) is 3.77. The lowest BCUT2D eigenvalue weighted by Crippen LogP contribution is -2.15. The fourth-order valence-corrected chi connectivity index (χ4v) is 2.73. The maximum Gasteiger partial charge on any atom is 0.244 e. The molecule has 0 amide bonds. The Morgan fingerprint density at radius 3 is 2.77 bits per heavy atom. The largest absolute Gasteiger partial charge is 0.486 e. The van der Waals surface area contributed by atoms with Gasteiger partial charge in [-0.3, -0.25) is 0 Å². The third-order valence-corrected chi connectivity index (χ3v) is 4.14. The van der Waals surface area contributed by atoms with Crippen molar-refractivity contribution in [1.82, 2.24) is 15.2 Å². The van der Waals surface area contributed by atoms with E-state index in [1.165, 1.54) is 0 Å². The first-order chi connectivity index (χ1) is 12.8. The normalized spacial score (nSPS) is 12.5. The van der Waals surface area contributed by atoms with Gasteiger partial charge >= 0.3 is 0 Å². The molecule has 0 saturated carbocycles. The third kappa shape index (κ3) is 3.78. The molecular formula is C18H16ClN5O2. The van der Waals surface area contributed by atoms with Crippen LogP contribution < -0.4 is 20.1 Å². The quantitative estimate of drug-likeness (QED) is 0.710. The van der Waals surface area contributed by atoms with Gasteiger partial charge in [0.25, 0.3) is 0 Å². The highest BCUT2D eigenvalue weighted by Crippen LogP contribution is 2.33. The summed E-state index contributed by atoms with van der Waals surface area (Å²) in [4.78, 5) is 4.41. The highest BCUT2D eigenvalue weighted by Gasteiger charge is 2.12. The van der Waals surface area contributed by atoms with E-state index in [-0.39, 0.29) is 0 Å². The Morgan fingerprint density at radius 1 is 1.04 bits per heavy atom. The molecule has 26 heavy (non-hydrogen) atoms.